The van der Waals surface area contributed by atoms with Gasteiger partial charge in [-0.2, -0.15) is 0 Å². The topological polar surface area (TPSA) is 72.8 Å². The fraction of sp³-hybridized carbons (Fsp3) is 0.0909. The average molecular weight is 434 g/mol. The minimum Gasteiger partial charge on any atom is -0.585 e. The van der Waals surface area contributed by atoms with Crippen molar-refractivity contribution in [3.63, 3.8) is 0 Å². The Morgan fingerprint density at radius 1 is 1.07 bits per heavy atom. The van der Waals surface area contributed by atoms with Crippen molar-refractivity contribution < 1.29 is 4.55 Å². The highest BCUT2D eigenvalue weighted by atomic mass is 32.2. The summed E-state index contributed by atoms with van der Waals surface area (Å²) in [6.07, 6.45) is 7.36. The zero-order valence-electron chi connectivity index (χ0n) is 16.4. The van der Waals surface area contributed by atoms with Gasteiger partial charge < -0.3 is 14.4 Å². The van der Waals surface area contributed by atoms with E-state index in [0.717, 1.165) is 43.2 Å². The average Bonchev–Trinajstić information content (AvgIpc) is 3.53. The number of thiophene rings is 1. The number of pyridine rings is 1. The van der Waals surface area contributed by atoms with Crippen LogP contribution < -0.4 is 4.90 Å². The Hall–Kier alpha value is -3.07. The molecule has 5 aromatic rings. The summed E-state index contributed by atoms with van der Waals surface area (Å²) in [5, 5.41) is 7.24. The molecule has 0 aliphatic carbocycles. The maximum Gasteiger partial charge on any atom is 0.235 e. The van der Waals surface area contributed by atoms with Crippen molar-refractivity contribution in [2.75, 3.05) is 19.0 Å². The van der Waals surface area contributed by atoms with Gasteiger partial charge in [-0.15, -0.1) is 5.10 Å². The fourth-order valence-electron chi connectivity index (χ4n) is 3.34. The van der Waals surface area contributed by atoms with Crippen LogP contribution in [0.25, 0.3) is 33.3 Å². The third-order valence-corrected chi connectivity index (χ3v) is 7.35. The molecule has 6 nitrogen and oxygen atoms in total. The monoisotopic (exact) mass is 433 g/mol. The minimum atomic E-state index is -1.34. The number of fused-ring (bicyclic) bond motifs is 1. The van der Waals surface area contributed by atoms with Crippen molar-refractivity contribution >= 4 is 39.4 Å². The van der Waals surface area contributed by atoms with Crippen molar-refractivity contribution in [1.82, 2.24) is 19.2 Å². The molecule has 0 bridgehead atoms. The Morgan fingerprint density at radius 2 is 1.90 bits per heavy atom. The minimum absolute atomic E-state index is 0.772. The molecule has 30 heavy (non-hydrogen) atoms. The van der Waals surface area contributed by atoms with Crippen molar-refractivity contribution in [1.29, 1.82) is 0 Å². The van der Waals surface area contributed by atoms with E-state index < -0.39 is 11.4 Å². The largest absolute Gasteiger partial charge is 0.585 e. The van der Waals surface area contributed by atoms with Crippen molar-refractivity contribution in [2.24, 2.45) is 0 Å². The van der Waals surface area contributed by atoms with Gasteiger partial charge in [0.1, 0.15) is 17.0 Å². The van der Waals surface area contributed by atoms with Gasteiger partial charge in [-0.25, -0.2) is 4.98 Å². The quantitative estimate of drug-likeness (QED) is 0.405. The Labute approximate surface area is 181 Å². The number of nitrogens with one attached hydrogen (secondary N) is 1. The van der Waals surface area contributed by atoms with Gasteiger partial charge in [0.05, 0.1) is 12.4 Å². The summed E-state index contributed by atoms with van der Waals surface area (Å²) in [6, 6.07) is 14.3. The lowest BCUT2D eigenvalue weighted by molar-refractivity contribution is 0.581. The maximum atomic E-state index is 12.7. The standard InChI is InChI=1S/C22H19N5OS2/c1-26(2)18-7-5-15(6-8-18)16-10-19-20(13-24-22(19)23-11-16)17-12-25-27(14-17)30(28)21-4-3-9-29-21/h3-14H,1-2H3,(H,23,24)/t30-/m0/s1. The zero-order valence-corrected chi connectivity index (χ0v) is 18.1. The van der Waals surface area contributed by atoms with E-state index in [4.69, 9.17) is 0 Å². The lowest BCUT2D eigenvalue weighted by Gasteiger charge is -2.12. The molecule has 1 atom stereocenters. The predicted molar refractivity (Wildman–Crippen MR) is 123 cm³/mol. The number of aromatic nitrogens is 4. The van der Waals surface area contributed by atoms with E-state index in [1.54, 1.807) is 6.20 Å². The van der Waals surface area contributed by atoms with E-state index in [1.807, 2.05) is 50.2 Å². The van der Waals surface area contributed by atoms with Crippen LogP contribution in [0, 0.1) is 0 Å². The number of benzene rings is 1. The van der Waals surface area contributed by atoms with Gasteiger partial charge in [-0.05, 0) is 35.2 Å². The van der Waals surface area contributed by atoms with Crippen LogP contribution >= 0.6 is 11.3 Å². The molecule has 8 heteroatoms. The van der Waals surface area contributed by atoms with Crippen molar-refractivity contribution in [2.45, 2.75) is 4.21 Å². The Morgan fingerprint density at radius 3 is 2.63 bits per heavy atom. The Bertz CT molecular complexity index is 1290. The molecule has 0 saturated heterocycles. The van der Waals surface area contributed by atoms with Gasteiger partial charge >= 0.3 is 0 Å². The van der Waals surface area contributed by atoms with E-state index in [1.165, 1.54) is 15.4 Å². The summed E-state index contributed by atoms with van der Waals surface area (Å²) < 4.78 is 14.9. The van der Waals surface area contributed by atoms with Gasteiger partial charge in [0.25, 0.3) is 0 Å². The summed E-state index contributed by atoms with van der Waals surface area (Å²) >= 11 is 0.121. The second-order valence-corrected chi connectivity index (χ2v) is 9.59. The summed E-state index contributed by atoms with van der Waals surface area (Å²) in [4.78, 5) is 9.90. The third-order valence-electron chi connectivity index (χ3n) is 4.96. The van der Waals surface area contributed by atoms with Crippen LogP contribution in [-0.2, 0) is 11.4 Å². The first-order valence-corrected chi connectivity index (χ1v) is 11.3. The number of rotatable bonds is 5. The van der Waals surface area contributed by atoms with Gasteiger partial charge in [0.15, 0.2) is 0 Å². The van der Waals surface area contributed by atoms with Crippen molar-refractivity contribution in [3.05, 3.63) is 72.6 Å². The molecule has 0 unspecified atom stereocenters. The molecule has 4 aromatic heterocycles. The lowest BCUT2D eigenvalue weighted by atomic mass is 10.0. The predicted octanol–water partition coefficient (Wildman–Crippen LogP) is 4.79. The van der Waals surface area contributed by atoms with Gasteiger partial charge in [-0.1, -0.05) is 27.6 Å². The fourth-order valence-corrected chi connectivity index (χ4v) is 5.24. The van der Waals surface area contributed by atoms with E-state index in [9.17, 15) is 4.55 Å². The molecule has 0 amide bonds. The molecule has 5 rings (SSSR count). The van der Waals surface area contributed by atoms with Crippen LogP contribution in [0.1, 0.15) is 0 Å². The Kier molecular flexibility index (Phi) is 4.82. The number of hydrogen-bond donors (Lipinski definition) is 1. The van der Waals surface area contributed by atoms with Crippen LogP contribution in [0.3, 0.4) is 0 Å². The summed E-state index contributed by atoms with van der Waals surface area (Å²) in [5.74, 6) is 0. The van der Waals surface area contributed by atoms with Crippen LogP contribution in [0.2, 0.25) is 0 Å². The number of anilines is 1. The highest BCUT2D eigenvalue weighted by molar-refractivity contribution is 7.91. The first-order valence-electron chi connectivity index (χ1n) is 9.36. The zero-order chi connectivity index (χ0) is 20.7. The molecule has 0 fully saturated rings. The van der Waals surface area contributed by atoms with Gasteiger partial charge in [0, 0.05) is 60.3 Å². The number of nitrogens with zero attached hydrogens (tertiary/aromatic N) is 4. The normalized spacial score (nSPS) is 12.4. The van der Waals surface area contributed by atoms with E-state index >= 15 is 0 Å². The third kappa shape index (κ3) is 3.39. The molecule has 1 N–H and O–H groups in total. The summed E-state index contributed by atoms with van der Waals surface area (Å²) in [7, 11) is 4.06. The highest BCUT2D eigenvalue weighted by Crippen LogP contribution is 2.32. The van der Waals surface area contributed by atoms with E-state index in [-0.39, 0.29) is 0 Å². The molecule has 0 saturated carbocycles. The molecule has 0 spiro atoms. The second kappa shape index (κ2) is 7.64. The molecular weight excluding hydrogens is 414 g/mol. The van der Waals surface area contributed by atoms with E-state index in [2.05, 4.69) is 50.3 Å². The summed E-state index contributed by atoms with van der Waals surface area (Å²) in [5.41, 5.74) is 6.00. The maximum absolute atomic E-state index is 12.7. The van der Waals surface area contributed by atoms with Crippen LogP contribution in [0.15, 0.2) is 76.8 Å². The number of H-pyrrole nitrogens is 1. The SMILES string of the molecule is CN(C)c1ccc(-c2cnc3[nH]cc(-c4cnn([S@@+]([O-])c5cccs5)c4)c3c2)cc1. The van der Waals surface area contributed by atoms with Gasteiger partial charge in [0.2, 0.25) is 4.21 Å². The molecule has 0 aliphatic rings. The van der Waals surface area contributed by atoms with E-state index in [0.29, 0.717) is 0 Å². The highest BCUT2D eigenvalue weighted by Gasteiger charge is 2.18. The van der Waals surface area contributed by atoms with Crippen LogP contribution in [0.4, 0.5) is 5.69 Å². The lowest BCUT2D eigenvalue weighted by Crippen LogP contribution is -2.11. The summed E-state index contributed by atoms with van der Waals surface area (Å²) in [6.45, 7) is 0. The first kappa shape index (κ1) is 18.9. The molecule has 0 radical (unpaired) electrons. The molecule has 0 aliphatic heterocycles. The smallest absolute Gasteiger partial charge is 0.235 e. The number of hydrogen-bond acceptors (Lipinski definition) is 5. The molecular formula is C22H19N5OS2. The van der Waals surface area contributed by atoms with Crippen molar-refractivity contribution in [3.8, 4) is 22.3 Å². The van der Waals surface area contributed by atoms with Crippen LogP contribution in [0.5, 0.6) is 0 Å². The Balaban J connectivity index is 1.51. The molecule has 4 heterocycles. The second-order valence-electron chi connectivity index (χ2n) is 7.08. The molecule has 1 aromatic carbocycles. The molecule has 150 valence electrons. The van der Waals surface area contributed by atoms with Crippen LogP contribution in [-0.4, -0.2) is 37.8 Å². The first-order chi connectivity index (χ1) is 14.6. The van der Waals surface area contributed by atoms with Gasteiger partial charge in [-0.3, -0.25) is 0 Å². The number of aromatic amines is 1.